The number of halogens is 2. The fraction of sp³-hybridized carbons (Fsp3) is 0.462. The normalized spacial score (nSPS) is 13.2. The maximum Gasteiger partial charge on any atom is 0.257 e. The van der Waals surface area contributed by atoms with Crippen LogP contribution in [-0.4, -0.2) is 11.9 Å². The molecule has 1 unspecified atom stereocenters. The minimum absolute atomic E-state index is 0.205. The molecule has 0 bridgehead atoms. The van der Waals surface area contributed by atoms with E-state index >= 15 is 0 Å². The molecule has 0 aliphatic carbocycles. The maximum atomic E-state index is 13.6. The molecule has 1 atom stereocenters. The van der Waals surface area contributed by atoms with Gasteiger partial charge in [-0.3, -0.25) is 4.79 Å². The van der Waals surface area contributed by atoms with Crippen molar-refractivity contribution in [2.75, 3.05) is 5.73 Å². The summed E-state index contributed by atoms with van der Waals surface area (Å²) in [6.07, 6.45) is 0. The third-order valence-electron chi connectivity index (χ3n) is 2.99. The molecule has 0 saturated carbocycles. The van der Waals surface area contributed by atoms with E-state index in [1.54, 1.807) is 6.92 Å². The Labute approximate surface area is 105 Å². The van der Waals surface area contributed by atoms with Crippen molar-refractivity contribution in [1.82, 2.24) is 5.32 Å². The van der Waals surface area contributed by atoms with Gasteiger partial charge in [-0.2, -0.15) is 0 Å². The second kappa shape index (κ2) is 4.92. The lowest BCUT2D eigenvalue weighted by atomic mass is 9.88. The van der Waals surface area contributed by atoms with E-state index in [2.05, 4.69) is 5.32 Å². The van der Waals surface area contributed by atoms with Gasteiger partial charge in [0, 0.05) is 6.04 Å². The molecule has 1 amide bonds. The number of benzene rings is 1. The van der Waals surface area contributed by atoms with Gasteiger partial charge in [-0.1, -0.05) is 20.8 Å². The molecule has 0 aliphatic heterocycles. The molecule has 1 aromatic carbocycles. The first kappa shape index (κ1) is 14.4. The van der Waals surface area contributed by atoms with Crippen molar-refractivity contribution in [1.29, 1.82) is 0 Å². The quantitative estimate of drug-likeness (QED) is 0.799. The third kappa shape index (κ3) is 2.97. The molecule has 0 heterocycles. The Bertz CT molecular complexity index is 467. The van der Waals surface area contributed by atoms with Crippen LogP contribution in [0.2, 0.25) is 0 Å². The van der Waals surface area contributed by atoms with E-state index in [0.29, 0.717) is 0 Å². The van der Waals surface area contributed by atoms with E-state index in [4.69, 9.17) is 5.73 Å². The number of hydrogen-bond acceptors (Lipinski definition) is 2. The summed E-state index contributed by atoms with van der Waals surface area (Å²) < 4.78 is 27.1. The Morgan fingerprint density at radius 1 is 1.33 bits per heavy atom. The van der Waals surface area contributed by atoms with E-state index < -0.39 is 23.1 Å². The van der Waals surface area contributed by atoms with Gasteiger partial charge in [-0.25, -0.2) is 8.78 Å². The zero-order valence-electron chi connectivity index (χ0n) is 11.0. The molecule has 5 heteroatoms. The van der Waals surface area contributed by atoms with Crippen molar-refractivity contribution in [3.05, 3.63) is 29.3 Å². The number of nitrogens with one attached hydrogen (secondary N) is 1. The average Bonchev–Trinajstić information content (AvgIpc) is 2.22. The SMILES string of the molecule is CC(NC(=O)c1c(F)ccc(N)c1F)C(C)(C)C. The third-order valence-corrected chi connectivity index (χ3v) is 2.99. The van der Waals surface area contributed by atoms with Crippen molar-refractivity contribution in [2.45, 2.75) is 33.7 Å². The van der Waals surface area contributed by atoms with Crippen LogP contribution in [0.5, 0.6) is 0 Å². The van der Waals surface area contributed by atoms with E-state index in [-0.39, 0.29) is 17.1 Å². The highest BCUT2D eigenvalue weighted by Gasteiger charge is 2.25. The minimum atomic E-state index is -1.02. The lowest BCUT2D eigenvalue weighted by molar-refractivity contribution is 0.0901. The summed E-state index contributed by atoms with van der Waals surface area (Å²) in [5, 5.41) is 2.57. The van der Waals surface area contributed by atoms with Crippen molar-refractivity contribution >= 4 is 11.6 Å². The van der Waals surface area contributed by atoms with Gasteiger partial charge in [0.2, 0.25) is 0 Å². The maximum absolute atomic E-state index is 13.6. The molecular formula is C13H18F2N2O. The van der Waals surface area contributed by atoms with Crippen molar-refractivity contribution in [3.63, 3.8) is 0 Å². The van der Waals surface area contributed by atoms with E-state index in [0.717, 1.165) is 12.1 Å². The van der Waals surface area contributed by atoms with Gasteiger partial charge in [0.15, 0.2) is 5.82 Å². The van der Waals surface area contributed by atoms with Crippen LogP contribution < -0.4 is 11.1 Å². The van der Waals surface area contributed by atoms with E-state index in [1.807, 2.05) is 20.8 Å². The average molecular weight is 256 g/mol. The fourth-order valence-corrected chi connectivity index (χ4v) is 1.26. The van der Waals surface area contributed by atoms with Crippen molar-refractivity contribution in [2.24, 2.45) is 5.41 Å². The van der Waals surface area contributed by atoms with Gasteiger partial charge in [0.05, 0.1) is 5.69 Å². The molecule has 3 nitrogen and oxygen atoms in total. The Morgan fingerprint density at radius 2 is 1.89 bits per heavy atom. The number of nitrogen functional groups attached to an aromatic ring is 1. The fourth-order valence-electron chi connectivity index (χ4n) is 1.26. The molecular weight excluding hydrogens is 238 g/mol. The van der Waals surface area contributed by atoms with Crippen LogP contribution >= 0.6 is 0 Å². The van der Waals surface area contributed by atoms with Crippen molar-refractivity contribution in [3.8, 4) is 0 Å². The molecule has 0 fully saturated rings. The minimum Gasteiger partial charge on any atom is -0.396 e. The van der Waals surface area contributed by atoms with Crippen LogP contribution in [0, 0.1) is 17.0 Å². The predicted octanol–water partition coefficient (Wildman–Crippen LogP) is 2.71. The topological polar surface area (TPSA) is 55.1 Å². The predicted molar refractivity (Wildman–Crippen MR) is 67.2 cm³/mol. The summed E-state index contributed by atoms with van der Waals surface area (Å²) in [4.78, 5) is 11.8. The lowest BCUT2D eigenvalue weighted by Gasteiger charge is -2.28. The largest absolute Gasteiger partial charge is 0.396 e. The molecule has 100 valence electrons. The highest BCUT2D eigenvalue weighted by Crippen LogP contribution is 2.21. The zero-order valence-corrected chi connectivity index (χ0v) is 11.0. The summed E-state index contributed by atoms with van der Waals surface area (Å²) in [6.45, 7) is 7.54. The van der Waals surface area contributed by atoms with Gasteiger partial charge in [-0.15, -0.1) is 0 Å². The summed E-state index contributed by atoms with van der Waals surface area (Å²) in [6, 6.07) is 1.84. The molecule has 0 spiro atoms. The Hall–Kier alpha value is -1.65. The Balaban J connectivity index is 3.02. The molecule has 0 radical (unpaired) electrons. The van der Waals surface area contributed by atoms with Crippen LogP contribution in [0.3, 0.4) is 0 Å². The molecule has 18 heavy (non-hydrogen) atoms. The number of nitrogens with two attached hydrogens (primary N) is 1. The standard InChI is InChI=1S/C13H18F2N2O/c1-7(13(2,3)4)17-12(18)10-8(14)5-6-9(16)11(10)15/h5-7H,16H2,1-4H3,(H,17,18). The molecule has 1 aromatic rings. The zero-order chi connectivity index (χ0) is 14.1. The summed E-state index contributed by atoms with van der Waals surface area (Å²) in [5.74, 6) is -2.73. The first-order chi connectivity index (χ1) is 8.14. The molecule has 0 saturated heterocycles. The number of carbonyl (C=O) groups is 1. The van der Waals surface area contributed by atoms with Gasteiger partial charge in [0.25, 0.3) is 5.91 Å². The highest BCUT2D eigenvalue weighted by atomic mass is 19.1. The van der Waals surface area contributed by atoms with Crippen molar-refractivity contribution < 1.29 is 13.6 Å². The van der Waals surface area contributed by atoms with E-state index in [1.165, 1.54) is 0 Å². The number of anilines is 1. The number of carbonyl (C=O) groups excluding carboxylic acids is 1. The van der Waals surface area contributed by atoms with Gasteiger partial charge in [-0.05, 0) is 24.5 Å². The van der Waals surface area contributed by atoms with Crippen LogP contribution in [0.4, 0.5) is 14.5 Å². The number of amides is 1. The number of hydrogen-bond donors (Lipinski definition) is 2. The Kier molecular flexibility index (Phi) is 3.94. The smallest absolute Gasteiger partial charge is 0.257 e. The molecule has 0 aliphatic rings. The van der Waals surface area contributed by atoms with Gasteiger partial charge in [0.1, 0.15) is 11.4 Å². The first-order valence-corrected chi connectivity index (χ1v) is 5.69. The second-order valence-electron chi connectivity index (χ2n) is 5.39. The van der Waals surface area contributed by atoms with Gasteiger partial charge < -0.3 is 11.1 Å². The summed E-state index contributed by atoms with van der Waals surface area (Å²) in [7, 11) is 0. The van der Waals surface area contributed by atoms with Crippen LogP contribution in [0.25, 0.3) is 0 Å². The molecule has 1 rings (SSSR count). The van der Waals surface area contributed by atoms with E-state index in [9.17, 15) is 13.6 Å². The van der Waals surface area contributed by atoms with Gasteiger partial charge >= 0.3 is 0 Å². The molecule has 0 aromatic heterocycles. The summed E-state index contributed by atoms with van der Waals surface area (Å²) in [5.41, 5.74) is 4.24. The van der Waals surface area contributed by atoms with Crippen LogP contribution in [0.15, 0.2) is 12.1 Å². The first-order valence-electron chi connectivity index (χ1n) is 5.69. The van der Waals surface area contributed by atoms with Crippen LogP contribution in [-0.2, 0) is 0 Å². The monoisotopic (exact) mass is 256 g/mol. The Morgan fingerprint density at radius 3 is 2.39 bits per heavy atom. The second-order valence-corrected chi connectivity index (χ2v) is 5.39. The summed E-state index contributed by atoms with van der Waals surface area (Å²) >= 11 is 0. The lowest BCUT2D eigenvalue weighted by Crippen LogP contribution is -2.42. The van der Waals surface area contributed by atoms with Crippen LogP contribution in [0.1, 0.15) is 38.1 Å². The highest BCUT2D eigenvalue weighted by molar-refractivity contribution is 5.95. The molecule has 3 N–H and O–H groups in total. The number of rotatable bonds is 2.